The van der Waals surface area contributed by atoms with Gasteiger partial charge < -0.3 is 0 Å². The number of alkyl halides is 1. The van der Waals surface area contributed by atoms with Crippen molar-refractivity contribution >= 4 is 21.7 Å². The Morgan fingerprint density at radius 2 is 0.931 bits per heavy atom. The van der Waals surface area contributed by atoms with Crippen LogP contribution in [0.25, 0.3) is 0 Å². The van der Waals surface area contributed by atoms with Gasteiger partial charge in [-0.3, -0.25) is 4.18 Å². The molecule has 29 heavy (non-hydrogen) atoms. The second kappa shape index (κ2) is 21.4. The van der Waals surface area contributed by atoms with E-state index in [9.17, 15) is 8.42 Å². The van der Waals surface area contributed by atoms with Crippen molar-refractivity contribution in [2.75, 3.05) is 6.61 Å². The molecule has 5 heteroatoms. The maximum atomic E-state index is 12.1. The van der Waals surface area contributed by atoms with E-state index < -0.39 is 14.8 Å². The molecule has 176 valence electrons. The molecule has 1 atom stereocenters. The summed E-state index contributed by atoms with van der Waals surface area (Å²) in [5, 5.41) is 0. The zero-order valence-corrected chi connectivity index (χ0v) is 21.0. The van der Waals surface area contributed by atoms with E-state index >= 15 is 0 Å². The van der Waals surface area contributed by atoms with Crippen LogP contribution in [0.1, 0.15) is 142 Å². The number of hydrogen-bond acceptors (Lipinski definition) is 3. The minimum absolute atomic E-state index is 0.278. The van der Waals surface area contributed by atoms with Crippen LogP contribution in [-0.4, -0.2) is 19.7 Å². The van der Waals surface area contributed by atoms with E-state index in [4.69, 9.17) is 15.8 Å². The molecule has 0 heterocycles. The minimum atomic E-state index is -3.61. The largest absolute Gasteiger partial charge is 0.284 e. The molecule has 0 N–H and O–H groups in total. The Kier molecular flexibility index (Phi) is 21.6. The van der Waals surface area contributed by atoms with E-state index in [2.05, 4.69) is 13.8 Å². The van der Waals surface area contributed by atoms with Crippen molar-refractivity contribution in [3.05, 3.63) is 0 Å². The van der Waals surface area contributed by atoms with Gasteiger partial charge in [0.2, 0.25) is 0 Å². The van der Waals surface area contributed by atoms with Crippen LogP contribution in [0.5, 0.6) is 0 Å². The third-order valence-electron chi connectivity index (χ3n) is 5.59. The molecule has 0 aromatic heterocycles. The summed E-state index contributed by atoms with van der Waals surface area (Å²) in [5.41, 5.74) is 0. The normalized spacial score (nSPS) is 13.1. The van der Waals surface area contributed by atoms with Gasteiger partial charge in [-0.2, -0.15) is 8.42 Å². The van der Waals surface area contributed by atoms with Crippen LogP contribution in [0.15, 0.2) is 0 Å². The molecule has 3 nitrogen and oxygen atoms in total. The third-order valence-corrected chi connectivity index (χ3v) is 7.82. The minimum Gasteiger partial charge on any atom is -0.269 e. The lowest BCUT2D eigenvalue weighted by molar-refractivity contribution is 0.303. The predicted octanol–water partition coefficient (Wildman–Crippen LogP) is 8.74. The van der Waals surface area contributed by atoms with Gasteiger partial charge in [0.05, 0.1) is 6.61 Å². The summed E-state index contributed by atoms with van der Waals surface area (Å²) in [4.78, 5) is 0. The van der Waals surface area contributed by atoms with Crippen LogP contribution in [-0.2, 0) is 14.3 Å². The fourth-order valence-corrected chi connectivity index (χ4v) is 4.86. The van der Waals surface area contributed by atoms with Crippen LogP contribution in [0.4, 0.5) is 0 Å². The van der Waals surface area contributed by atoms with Gasteiger partial charge in [-0.1, -0.05) is 129 Å². The number of unbranched alkanes of at least 4 members (excludes halogenated alkanes) is 17. The fourth-order valence-electron chi connectivity index (χ4n) is 3.60. The lowest BCUT2D eigenvalue weighted by Gasteiger charge is -2.11. The van der Waals surface area contributed by atoms with Crippen molar-refractivity contribution in [3.8, 4) is 0 Å². The topological polar surface area (TPSA) is 43.4 Å². The lowest BCUT2D eigenvalue weighted by atomic mass is 10.1. The molecule has 0 aliphatic heterocycles. The van der Waals surface area contributed by atoms with E-state index in [1.165, 1.54) is 96.3 Å². The van der Waals surface area contributed by atoms with E-state index in [-0.39, 0.29) is 6.61 Å². The number of rotatable bonds is 23. The summed E-state index contributed by atoms with van der Waals surface area (Å²) in [6, 6.07) is 0. The van der Waals surface area contributed by atoms with Gasteiger partial charge in [-0.15, -0.1) is 11.6 Å². The molecule has 0 aliphatic rings. The van der Waals surface area contributed by atoms with Crippen molar-refractivity contribution in [2.24, 2.45) is 0 Å². The van der Waals surface area contributed by atoms with Crippen LogP contribution in [0.2, 0.25) is 0 Å². The van der Waals surface area contributed by atoms with Crippen molar-refractivity contribution in [3.63, 3.8) is 0 Å². The Hall–Kier alpha value is 0.200. The Balaban J connectivity index is 3.51. The summed E-state index contributed by atoms with van der Waals surface area (Å²) in [5.74, 6) is 0. The lowest BCUT2D eigenvalue weighted by Crippen LogP contribution is -2.19. The number of hydrogen-bond donors (Lipinski definition) is 0. The summed E-state index contributed by atoms with van der Waals surface area (Å²) in [7, 11) is -3.61. The average molecular weight is 453 g/mol. The highest BCUT2D eigenvalue weighted by Gasteiger charge is 2.23. The van der Waals surface area contributed by atoms with E-state index in [1.807, 2.05) is 0 Å². The highest BCUT2D eigenvalue weighted by molar-refractivity contribution is 7.88. The van der Waals surface area contributed by atoms with Crippen LogP contribution in [0.3, 0.4) is 0 Å². The molecule has 0 saturated heterocycles. The van der Waals surface area contributed by atoms with E-state index in [0.29, 0.717) is 6.42 Å². The van der Waals surface area contributed by atoms with Gasteiger partial charge in [-0.05, 0) is 12.8 Å². The smallest absolute Gasteiger partial charge is 0.269 e. The van der Waals surface area contributed by atoms with Crippen LogP contribution in [0, 0.1) is 0 Å². The zero-order chi connectivity index (χ0) is 21.6. The van der Waals surface area contributed by atoms with Gasteiger partial charge in [0.25, 0.3) is 10.1 Å². The molecule has 0 spiro atoms. The Morgan fingerprint density at radius 1 is 0.586 bits per heavy atom. The molecule has 0 saturated carbocycles. The fraction of sp³-hybridized carbons (Fsp3) is 1.00. The monoisotopic (exact) mass is 452 g/mol. The highest BCUT2D eigenvalue weighted by atomic mass is 35.5. The molecule has 0 aliphatic carbocycles. The highest BCUT2D eigenvalue weighted by Crippen LogP contribution is 2.19. The maximum Gasteiger partial charge on any atom is 0.284 e. The van der Waals surface area contributed by atoms with E-state index in [1.54, 1.807) is 0 Å². The summed E-state index contributed by atoms with van der Waals surface area (Å²) >= 11 is 6.09. The molecule has 1 unspecified atom stereocenters. The zero-order valence-electron chi connectivity index (χ0n) is 19.4. The Morgan fingerprint density at radius 3 is 1.34 bits per heavy atom. The molecule has 0 rings (SSSR count). The Labute approximate surface area is 187 Å². The molecule has 0 fully saturated rings. The van der Waals surface area contributed by atoms with Crippen LogP contribution < -0.4 is 0 Å². The first-order chi connectivity index (χ1) is 14.0. The second-order valence-corrected chi connectivity index (χ2v) is 11.1. The van der Waals surface area contributed by atoms with Crippen molar-refractivity contribution in [2.45, 2.75) is 147 Å². The molecule has 0 aromatic rings. The Bertz CT molecular complexity index is 426. The molecule has 0 aromatic carbocycles. The van der Waals surface area contributed by atoms with Crippen LogP contribution >= 0.6 is 11.6 Å². The first-order valence-electron chi connectivity index (χ1n) is 12.6. The van der Waals surface area contributed by atoms with Gasteiger partial charge in [0.15, 0.2) is 4.71 Å². The quantitative estimate of drug-likeness (QED) is 0.0883. The molecular formula is C24H49ClO3S. The molecule has 0 radical (unpaired) electrons. The van der Waals surface area contributed by atoms with Gasteiger partial charge in [0, 0.05) is 0 Å². The van der Waals surface area contributed by atoms with Gasteiger partial charge in [-0.25, -0.2) is 0 Å². The second-order valence-electron chi connectivity index (χ2n) is 8.52. The summed E-state index contributed by atoms with van der Waals surface area (Å²) < 4.78 is 28.4. The SMILES string of the molecule is CCCCCCCCCCCCOS(=O)(=O)C(Cl)CCCCCCCCCCC. The molecule has 0 bridgehead atoms. The number of halogens is 1. The summed E-state index contributed by atoms with van der Waals surface area (Å²) in [6.07, 6.45) is 23.7. The third kappa shape index (κ3) is 19.9. The first kappa shape index (κ1) is 29.2. The van der Waals surface area contributed by atoms with E-state index in [0.717, 1.165) is 25.7 Å². The van der Waals surface area contributed by atoms with Crippen molar-refractivity contribution < 1.29 is 12.6 Å². The van der Waals surface area contributed by atoms with Gasteiger partial charge >= 0.3 is 0 Å². The van der Waals surface area contributed by atoms with Crippen molar-refractivity contribution in [1.29, 1.82) is 0 Å². The first-order valence-corrected chi connectivity index (χ1v) is 14.5. The summed E-state index contributed by atoms with van der Waals surface area (Å²) in [6.45, 7) is 4.75. The molecule has 0 amide bonds. The van der Waals surface area contributed by atoms with Gasteiger partial charge in [0.1, 0.15) is 0 Å². The molecular weight excluding hydrogens is 404 g/mol. The predicted molar refractivity (Wildman–Crippen MR) is 128 cm³/mol. The maximum absolute atomic E-state index is 12.1. The average Bonchev–Trinajstić information content (AvgIpc) is 2.70. The standard InChI is InChI=1S/C24H49ClO3S/c1-3-5-7-9-11-13-15-17-19-21-23-28-29(26,27)24(25)22-20-18-16-14-12-10-8-6-4-2/h24H,3-23H2,1-2H3. The van der Waals surface area contributed by atoms with Crippen molar-refractivity contribution in [1.82, 2.24) is 0 Å².